The Hall–Kier alpha value is -4.02. The number of hydrogen-bond donors (Lipinski definition) is 1. The number of para-hydroxylation sites is 1. The van der Waals surface area contributed by atoms with Crippen molar-refractivity contribution in [2.45, 2.75) is 49.3 Å². The highest BCUT2D eigenvalue weighted by Crippen LogP contribution is 2.62. The van der Waals surface area contributed by atoms with Crippen molar-refractivity contribution in [3.8, 4) is 11.5 Å². The van der Waals surface area contributed by atoms with E-state index in [4.69, 9.17) is 18.9 Å². The van der Waals surface area contributed by atoms with Gasteiger partial charge in [0.1, 0.15) is 18.1 Å². The van der Waals surface area contributed by atoms with Crippen LogP contribution in [0, 0.1) is 12.8 Å². The number of carbonyl (C=O) groups is 1. The van der Waals surface area contributed by atoms with E-state index in [0.717, 1.165) is 16.7 Å². The summed E-state index contributed by atoms with van der Waals surface area (Å²) in [7, 11) is -2.84. The van der Waals surface area contributed by atoms with Crippen molar-refractivity contribution in [3.05, 3.63) is 124 Å². The minimum absolute atomic E-state index is 0.137. The molecule has 0 heterocycles. The Morgan fingerprint density at radius 1 is 0.766 bits per heavy atom. The van der Waals surface area contributed by atoms with Gasteiger partial charge in [-0.3, -0.25) is 9.35 Å². The van der Waals surface area contributed by atoms with Gasteiger partial charge in [-0.2, -0.15) is 8.42 Å². The average Bonchev–Trinajstić information content (AvgIpc) is 3.06. The Kier molecular flexibility index (Phi) is 9.53. The summed E-state index contributed by atoms with van der Waals surface area (Å²) >= 11 is 0. The van der Waals surface area contributed by atoms with E-state index in [1.54, 1.807) is 20.1 Å². The molecule has 8 nitrogen and oxygen atoms in total. The van der Waals surface area contributed by atoms with Crippen molar-refractivity contribution in [2.75, 3.05) is 33.5 Å². The molecule has 1 N–H and O–H groups in total. The second kappa shape index (κ2) is 13.6. The van der Waals surface area contributed by atoms with Gasteiger partial charge in [0.05, 0.1) is 30.6 Å². The summed E-state index contributed by atoms with van der Waals surface area (Å²) in [6, 6.07) is 27.4. The van der Waals surface area contributed by atoms with Crippen LogP contribution in [0.4, 0.5) is 0 Å². The zero-order chi connectivity index (χ0) is 33.3. The molecule has 9 heteroatoms. The van der Waals surface area contributed by atoms with Crippen LogP contribution in [0.2, 0.25) is 0 Å². The van der Waals surface area contributed by atoms with E-state index < -0.39 is 22.0 Å². The maximum Gasteiger partial charge on any atom is 0.315 e. The lowest BCUT2D eigenvalue weighted by atomic mass is 9.53. The van der Waals surface area contributed by atoms with Crippen molar-refractivity contribution >= 4 is 16.1 Å². The summed E-state index contributed by atoms with van der Waals surface area (Å²) in [5.41, 5.74) is 6.28. The number of hydrogen-bond acceptors (Lipinski definition) is 7. The van der Waals surface area contributed by atoms with Gasteiger partial charge in [-0.15, -0.1) is 0 Å². The Morgan fingerprint density at radius 3 is 1.89 bits per heavy atom. The molecule has 0 spiro atoms. The Labute approximate surface area is 276 Å². The molecular formula is C38H40O8S. The summed E-state index contributed by atoms with van der Waals surface area (Å²) in [6.07, 6.45) is 0. The highest BCUT2D eigenvalue weighted by atomic mass is 32.2. The molecule has 246 valence electrons. The van der Waals surface area contributed by atoms with Gasteiger partial charge >= 0.3 is 5.97 Å². The minimum Gasteiger partial charge on any atom is -0.491 e. The molecule has 3 aliphatic carbocycles. The fourth-order valence-electron chi connectivity index (χ4n) is 7.31. The van der Waals surface area contributed by atoms with Crippen LogP contribution in [-0.2, 0) is 24.4 Å². The monoisotopic (exact) mass is 656 g/mol. The van der Waals surface area contributed by atoms with E-state index in [-0.39, 0.29) is 34.3 Å². The molecule has 0 saturated heterocycles. The zero-order valence-corrected chi connectivity index (χ0v) is 27.8. The number of rotatable bonds is 12. The van der Waals surface area contributed by atoms with E-state index >= 15 is 0 Å². The Bertz CT molecular complexity index is 1840. The lowest BCUT2D eigenvalue weighted by Crippen LogP contribution is -2.44. The van der Waals surface area contributed by atoms with Crippen LogP contribution in [0.15, 0.2) is 89.8 Å². The number of benzene rings is 4. The van der Waals surface area contributed by atoms with Crippen molar-refractivity contribution < 1.29 is 36.7 Å². The molecule has 0 radical (unpaired) electrons. The smallest absolute Gasteiger partial charge is 0.315 e. The number of methoxy groups -OCH3 is 1. The van der Waals surface area contributed by atoms with Crippen molar-refractivity contribution in [1.29, 1.82) is 0 Å². The fraction of sp³-hybridized carbons (Fsp3) is 0.342. The third kappa shape index (κ3) is 6.33. The number of ether oxygens (including phenoxy) is 4. The van der Waals surface area contributed by atoms with Crippen molar-refractivity contribution in [3.63, 3.8) is 0 Å². The van der Waals surface area contributed by atoms with Gasteiger partial charge in [0.2, 0.25) is 0 Å². The van der Waals surface area contributed by atoms with Gasteiger partial charge in [-0.05, 0) is 70.0 Å². The molecular weight excluding hydrogens is 616 g/mol. The van der Waals surface area contributed by atoms with Gasteiger partial charge in [0, 0.05) is 24.9 Å². The van der Waals surface area contributed by atoms with Crippen molar-refractivity contribution in [1.82, 2.24) is 0 Å². The Morgan fingerprint density at radius 2 is 1.32 bits per heavy atom. The molecule has 47 heavy (non-hydrogen) atoms. The lowest BCUT2D eigenvalue weighted by Gasteiger charge is -2.50. The van der Waals surface area contributed by atoms with Crippen LogP contribution in [0.3, 0.4) is 0 Å². The minimum atomic E-state index is -4.47. The molecule has 0 fully saturated rings. The van der Waals surface area contributed by atoms with Crippen LogP contribution in [-0.4, -0.2) is 52.5 Å². The molecule has 0 aliphatic heterocycles. The first-order chi connectivity index (χ1) is 22.6. The van der Waals surface area contributed by atoms with Gasteiger partial charge in [0.15, 0.2) is 0 Å². The first-order valence-electron chi connectivity index (χ1n) is 15.9. The first-order valence-corrected chi connectivity index (χ1v) is 17.4. The number of fused-ring (bicyclic) bond motifs is 1. The summed E-state index contributed by atoms with van der Waals surface area (Å²) in [6.45, 7) is 7.03. The lowest BCUT2D eigenvalue weighted by molar-refractivity contribution is -0.141. The number of carbonyl (C=O) groups excluding carboxylic acids is 1. The zero-order valence-electron chi connectivity index (χ0n) is 27.0. The SMILES string of the molecule is COCCOCCOc1ccccc1C1C2c3ccccc3C(c3ccccc32)C1C(=O)Oc1cc(C(C)C)c(S(=O)(=O)O)cc1C. The largest absolute Gasteiger partial charge is 0.491 e. The molecule has 3 aliphatic rings. The maximum atomic E-state index is 14.7. The highest BCUT2D eigenvalue weighted by molar-refractivity contribution is 7.85. The average molecular weight is 657 g/mol. The molecule has 0 saturated carbocycles. The van der Waals surface area contributed by atoms with Gasteiger partial charge in [0.25, 0.3) is 10.1 Å². The normalized spacial score (nSPS) is 19.7. The summed E-state index contributed by atoms with van der Waals surface area (Å²) < 4.78 is 57.6. The third-order valence-electron chi connectivity index (χ3n) is 9.32. The summed E-state index contributed by atoms with van der Waals surface area (Å²) in [5.74, 6) is -1.05. The molecule has 2 bridgehead atoms. The number of esters is 1. The summed E-state index contributed by atoms with van der Waals surface area (Å²) in [4.78, 5) is 14.5. The molecule has 4 aromatic rings. The second-order valence-electron chi connectivity index (χ2n) is 12.5. The first kappa shape index (κ1) is 32.9. The molecule has 0 amide bonds. The summed E-state index contributed by atoms with van der Waals surface area (Å²) in [5, 5.41) is 0. The Balaban J connectivity index is 1.45. The van der Waals surface area contributed by atoms with Gasteiger partial charge < -0.3 is 18.9 Å². The van der Waals surface area contributed by atoms with E-state index in [1.807, 2.05) is 62.4 Å². The van der Waals surface area contributed by atoms with Crippen LogP contribution in [0.1, 0.15) is 76.5 Å². The van der Waals surface area contributed by atoms with Crippen LogP contribution in [0.25, 0.3) is 0 Å². The predicted octanol–water partition coefficient (Wildman–Crippen LogP) is 7.00. The van der Waals surface area contributed by atoms with E-state index in [9.17, 15) is 17.8 Å². The molecule has 0 aromatic heterocycles. The van der Waals surface area contributed by atoms with Crippen molar-refractivity contribution in [2.24, 2.45) is 5.92 Å². The second-order valence-corrected chi connectivity index (χ2v) is 13.9. The molecule has 2 atom stereocenters. The molecule has 4 aromatic carbocycles. The number of aryl methyl sites for hydroxylation is 1. The van der Waals surface area contributed by atoms with Gasteiger partial charge in [-0.1, -0.05) is 80.6 Å². The topological polar surface area (TPSA) is 108 Å². The van der Waals surface area contributed by atoms with E-state index in [0.29, 0.717) is 43.3 Å². The highest BCUT2D eigenvalue weighted by Gasteiger charge is 2.54. The standard InChI is InChI=1S/C38H40O8S/c1-23(2)30-22-32(24(3)21-33(30)47(40,41)42)46-38(39)37-35-27-13-7-5-11-25(27)34(26-12-6-8-14-28(26)35)36(37)29-15-9-10-16-31(29)45-20-19-44-18-17-43-4/h5-16,21-23,34-37H,17-20H2,1-4H3,(H,40,41,42). The predicted molar refractivity (Wildman–Crippen MR) is 178 cm³/mol. The van der Waals surface area contributed by atoms with E-state index in [1.165, 1.54) is 17.2 Å². The maximum absolute atomic E-state index is 14.7. The third-order valence-corrected chi connectivity index (χ3v) is 10.2. The quantitative estimate of drug-likeness (QED) is 0.0752. The van der Waals surface area contributed by atoms with Gasteiger partial charge in [-0.25, -0.2) is 0 Å². The fourth-order valence-corrected chi connectivity index (χ4v) is 8.23. The molecule has 7 rings (SSSR count). The van der Waals surface area contributed by atoms with Crippen LogP contribution >= 0.6 is 0 Å². The van der Waals surface area contributed by atoms with Crippen LogP contribution < -0.4 is 9.47 Å². The molecule has 2 unspecified atom stereocenters. The van der Waals surface area contributed by atoms with Crippen LogP contribution in [0.5, 0.6) is 11.5 Å². The van der Waals surface area contributed by atoms with E-state index in [2.05, 4.69) is 24.3 Å².